The third kappa shape index (κ3) is 2.14. The van der Waals surface area contributed by atoms with Gasteiger partial charge in [-0.25, -0.2) is 14.1 Å². The molecule has 2 aromatic heterocycles. The van der Waals surface area contributed by atoms with Crippen LogP contribution in [0.2, 0.25) is 0 Å². The molecule has 3 aromatic rings. The molecule has 5 nitrogen and oxygen atoms in total. The minimum absolute atomic E-state index is 0.263. The average Bonchev–Trinajstić information content (AvgIpc) is 3.26. The van der Waals surface area contributed by atoms with Gasteiger partial charge in [0.15, 0.2) is 5.65 Å². The van der Waals surface area contributed by atoms with Crippen LogP contribution in [0.4, 0.5) is 15.8 Å². The fraction of sp³-hybridized carbons (Fsp3) is 0.400. The Labute approximate surface area is 151 Å². The highest BCUT2D eigenvalue weighted by atomic mass is 19.1. The van der Waals surface area contributed by atoms with Gasteiger partial charge in [0.1, 0.15) is 11.5 Å². The van der Waals surface area contributed by atoms with Gasteiger partial charge >= 0.3 is 0 Å². The summed E-state index contributed by atoms with van der Waals surface area (Å²) in [7, 11) is 0. The van der Waals surface area contributed by atoms with Crippen molar-refractivity contribution in [3.63, 3.8) is 0 Å². The van der Waals surface area contributed by atoms with Gasteiger partial charge in [0.25, 0.3) is 0 Å². The van der Waals surface area contributed by atoms with Crippen molar-refractivity contribution >= 4 is 22.4 Å². The number of benzene rings is 1. The third-order valence-electron chi connectivity index (χ3n) is 6.12. The highest BCUT2D eigenvalue weighted by Gasteiger charge is 2.52. The fourth-order valence-electron chi connectivity index (χ4n) is 4.09. The number of hydrogen-bond donors (Lipinski definition) is 0. The second-order valence-electron chi connectivity index (χ2n) is 8.01. The monoisotopic (exact) mass is 349 g/mol. The first-order valence-electron chi connectivity index (χ1n) is 9.35. The fourth-order valence-corrected chi connectivity index (χ4v) is 4.09. The standard InChI is InChI=1S/C20H20FN5/c21-17-3-2-15(24-6-1-7-24)9-18(17)26-11-14-8-16(10-22-19(14)23-26)25-12-20(13-25)4-5-20/h2-3,8-11H,1,4-7,12-13H2. The lowest BCUT2D eigenvalue weighted by Crippen LogP contribution is -2.48. The second kappa shape index (κ2) is 4.96. The van der Waals surface area contributed by atoms with Gasteiger partial charge in [0.05, 0.1) is 11.9 Å². The molecule has 0 atom stereocenters. The van der Waals surface area contributed by atoms with Crippen molar-refractivity contribution in [1.82, 2.24) is 14.8 Å². The Hall–Kier alpha value is -2.63. The predicted octanol–water partition coefficient (Wildman–Crippen LogP) is 3.37. The molecule has 1 aromatic carbocycles. The number of hydrogen-bond acceptors (Lipinski definition) is 4. The predicted molar refractivity (Wildman–Crippen MR) is 99.5 cm³/mol. The first kappa shape index (κ1) is 14.5. The van der Waals surface area contributed by atoms with E-state index in [-0.39, 0.29) is 5.82 Å². The number of anilines is 2. The van der Waals surface area contributed by atoms with E-state index in [0.29, 0.717) is 16.7 Å². The van der Waals surface area contributed by atoms with Crippen LogP contribution in [0.1, 0.15) is 19.3 Å². The molecular weight excluding hydrogens is 329 g/mol. The lowest BCUT2D eigenvalue weighted by Gasteiger charge is -2.41. The molecule has 1 saturated carbocycles. The Kier molecular flexibility index (Phi) is 2.77. The van der Waals surface area contributed by atoms with Gasteiger partial charge in [-0.2, -0.15) is 0 Å². The average molecular weight is 349 g/mol. The van der Waals surface area contributed by atoms with Gasteiger partial charge in [-0.3, -0.25) is 0 Å². The van der Waals surface area contributed by atoms with Crippen LogP contribution in [0.25, 0.3) is 16.7 Å². The highest BCUT2D eigenvalue weighted by molar-refractivity contribution is 5.79. The van der Waals surface area contributed by atoms with Crippen LogP contribution < -0.4 is 9.80 Å². The molecule has 0 radical (unpaired) electrons. The zero-order valence-electron chi connectivity index (χ0n) is 14.5. The summed E-state index contributed by atoms with van der Waals surface area (Å²) in [4.78, 5) is 9.13. The molecule has 3 fully saturated rings. The molecule has 0 unspecified atom stereocenters. The summed E-state index contributed by atoms with van der Waals surface area (Å²) in [5.41, 5.74) is 3.94. The van der Waals surface area contributed by atoms with Crippen molar-refractivity contribution < 1.29 is 4.39 Å². The van der Waals surface area contributed by atoms with Crippen molar-refractivity contribution in [3.05, 3.63) is 42.5 Å². The van der Waals surface area contributed by atoms with Crippen LogP contribution in [-0.2, 0) is 0 Å². The molecule has 2 aliphatic heterocycles. The van der Waals surface area contributed by atoms with Crippen molar-refractivity contribution in [2.75, 3.05) is 36.0 Å². The highest BCUT2D eigenvalue weighted by Crippen LogP contribution is 2.53. The maximum atomic E-state index is 14.4. The van der Waals surface area contributed by atoms with Gasteiger partial charge in [0.2, 0.25) is 0 Å². The number of fused-ring (bicyclic) bond motifs is 1. The number of halogens is 1. The largest absolute Gasteiger partial charge is 0.371 e. The molecule has 1 spiro atoms. The van der Waals surface area contributed by atoms with Gasteiger partial charge < -0.3 is 9.80 Å². The Morgan fingerprint density at radius 1 is 1.00 bits per heavy atom. The Balaban J connectivity index is 1.35. The zero-order valence-corrected chi connectivity index (χ0v) is 14.5. The molecule has 26 heavy (non-hydrogen) atoms. The van der Waals surface area contributed by atoms with Crippen molar-refractivity contribution in [2.24, 2.45) is 5.41 Å². The van der Waals surface area contributed by atoms with Crippen LogP contribution in [0.15, 0.2) is 36.7 Å². The molecular formula is C20H20FN5. The summed E-state index contributed by atoms with van der Waals surface area (Å²) in [6, 6.07) is 7.38. The lowest BCUT2D eigenvalue weighted by molar-refractivity contribution is 0.387. The summed E-state index contributed by atoms with van der Waals surface area (Å²) < 4.78 is 16.0. The zero-order chi connectivity index (χ0) is 17.3. The van der Waals surface area contributed by atoms with Gasteiger partial charge in [0, 0.05) is 48.9 Å². The number of pyridine rings is 1. The summed E-state index contributed by atoms with van der Waals surface area (Å²) in [5, 5.41) is 5.45. The Morgan fingerprint density at radius 2 is 1.85 bits per heavy atom. The van der Waals surface area contributed by atoms with E-state index in [9.17, 15) is 4.39 Å². The molecule has 0 bridgehead atoms. The van der Waals surface area contributed by atoms with E-state index in [2.05, 4.69) is 25.9 Å². The van der Waals surface area contributed by atoms with E-state index in [4.69, 9.17) is 0 Å². The lowest BCUT2D eigenvalue weighted by atomic mass is 9.96. The number of rotatable bonds is 3. The Bertz CT molecular complexity index is 1010. The van der Waals surface area contributed by atoms with E-state index in [1.807, 2.05) is 24.5 Å². The maximum Gasteiger partial charge on any atom is 0.181 e. The SMILES string of the molecule is Fc1ccc(N2CCC2)cc1-n1cc2cc(N3CC4(CC4)C3)cnc2n1. The van der Waals surface area contributed by atoms with Crippen LogP contribution in [0, 0.1) is 11.2 Å². The van der Waals surface area contributed by atoms with Crippen molar-refractivity contribution in [2.45, 2.75) is 19.3 Å². The molecule has 6 heteroatoms. The maximum absolute atomic E-state index is 14.4. The van der Waals surface area contributed by atoms with Gasteiger partial charge in [-0.1, -0.05) is 0 Å². The number of aromatic nitrogens is 3. The van der Waals surface area contributed by atoms with Crippen molar-refractivity contribution in [3.8, 4) is 5.69 Å². The minimum Gasteiger partial charge on any atom is -0.371 e. The smallest absolute Gasteiger partial charge is 0.181 e. The van der Waals surface area contributed by atoms with Crippen LogP contribution >= 0.6 is 0 Å². The molecule has 132 valence electrons. The summed E-state index contributed by atoms with van der Waals surface area (Å²) in [5.74, 6) is -0.263. The second-order valence-corrected chi connectivity index (χ2v) is 8.01. The minimum atomic E-state index is -0.263. The first-order chi connectivity index (χ1) is 12.7. The van der Waals surface area contributed by atoms with E-state index in [0.717, 1.165) is 42.9 Å². The molecule has 1 aliphatic carbocycles. The normalized spacial score (nSPS) is 20.3. The van der Waals surface area contributed by atoms with E-state index in [1.165, 1.54) is 25.3 Å². The van der Waals surface area contributed by atoms with Crippen LogP contribution in [0.5, 0.6) is 0 Å². The summed E-state index contributed by atoms with van der Waals surface area (Å²) in [6.07, 6.45) is 7.70. The van der Waals surface area contributed by atoms with E-state index < -0.39 is 0 Å². The molecule has 3 aliphatic rings. The van der Waals surface area contributed by atoms with E-state index in [1.54, 1.807) is 4.68 Å². The third-order valence-corrected chi connectivity index (χ3v) is 6.12. The topological polar surface area (TPSA) is 37.2 Å². The van der Waals surface area contributed by atoms with Crippen LogP contribution in [-0.4, -0.2) is 40.9 Å². The van der Waals surface area contributed by atoms with Gasteiger partial charge in [-0.15, -0.1) is 5.10 Å². The molecule has 2 saturated heterocycles. The summed E-state index contributed by atoms with van der Waals surface area (Å²) in [6.45, 7) is 4.35. The quantitative estimate of drug-likeness (QED) is 0.727. The van der Waals surface area contributed by atoms with Gasteiger partial charge in [-0.05, 0) is 43.5 Å². The van der Waals surface area contributed by atoms with E-state index >= 15 is 0 Å². The van der Waals surface area contributed by atoms with Crippen LogP contribution in [0.3, 0.4) is 0 Å². The van der Waals surface area contributed by atoms with Crippen molar-refractivity contribution in [1.29, 1.82) is 0 Å². The molecule has 0 amide bonds. The molecule has 6 rings (SSSR count). The summed E-state index contributed by atoms with van der Waals surface area (Å²) >= 11 is 0. The Morgan fingerprint density at radius 3 is 2.58 bits per heavy atom. The number of nitrogens with zero attached hydrogens (tertiary/aromatic N) is 5. The molecule has 4 heterocycles. The first-order valence-corrected chi connectivity index (χ1v) is 9.35. The molecule has 0 N–H and O–H groups in total.